The van der Waals surface area contributed by atoms with Crippen LogP contribution < -0.4 is 0 Å². The highest BCUT2D eigenvalue weighted by Gasteiger charge is 2.66. The zero-order valence-electron chi connectivity index (χ0n) is 13.5. The summed E-state index contributed by atoms with van der Waals surface area (Å²) < 4.78 is 6.26. The van der Waals surface area contributed by atoms with Crippen molar-refractivity contribution in [2.45, 2.75) is 67.1 Å². The molecule has 1 saturated carbocycles. The summed E-state index contributed by atoms with van der Waals surface area (Å²) in [4.78, 5) is 15.9. The molecule has 23 heavy (non-hydrogen) atoms. The zero-order valence-corrected chi connectivity index (χ0v) is 14.3. The third kappa shape index (κ3) is 2.10. The molecule has 2 fully saturated rings. The van der Waals surface area contributed by atoms with E-state index < -0.39 is 11.5 Å². The summed E-state index contributed by atoms with van der Waals surface area (Å²) in [6.07, 6.45) is 5.62. The number of carbonyl (C=O) groups is 1. The Bertz CT molecular complexity index is 636. The van der Waals surface area contributed by atoms with E-state index in [9.17, 15) is 9.90 Å². The number of hydrogen-bond acceptors (Lipinski definition) is 4. The summed E-state index contributed by atoms with van der Waals surface area (Å²) in [5.74, 6) is -1.62. The van der Waals surface area contributed by atoms with Crippen molar-refractivity contribution in [3.05, 3.63) is 29.8 Å². The van der Waals surface area contributed by atoms with E-state index in [1.807, 2.05) is 24.3 Å². The van der Waals surface area contributed by atoms with Gasteiger partial charge in [-0.2, -0.15) is 0 Å². The molecule has 2 heterocycles. The highest BCUT2D eigenvalue weighted by Crippen LogP contribution is 2.56. The number of benzene rings is 1. The fourth-order valence-corrected chi connectivity index (χ4v) is 5.64. The molecule has 0 aromatic heterocycles. The molecule has 1 amide bonds. The summed E-state index contributed by atoms with van der Waals surface area (Å²) in [6.45, 7) is 2.63. The van der Waals surface area contributed by atoms with E-state index in [2.05, 4.69) is 6.92 Å². The van der Waals surface area contributed by atoms with Gasteiger partial charge in [0, 0.05) is 22.3 Å². The van der Waals surface area contributed by atoms with Gasteiger partial charge in [0.1, 0.15) is 0 Å². The highest BCUT2D eigenvalue weighted by atomic mass is 32.2. The van der Waals surface area contributed by atoms with Gasteiger partial charge in [-0.1, -0.05) is 38.0 Å². The van der Waals surface area contributed by atoms with Crippen molar-refractivity contribution in [2.75, 3.05) is 6.54 Å². The van der Waals surface area contributed by atoms with Crippen LogP contribution in [0.3, 0.4) is 0 Å². The van der Waals surface area contributed by atoms with Crippen LogP contribution in [0, 0.1) is 0 Å². The van der Waals surface area contributed by atoms with E-state index in [1.54, 1.807) is 16.7 Å². The largest absolute Gasteiger partial charge is 0.345 e. The highest BCUT2D eigenvalue weighted by molar-refractivity contribution is 8.00. The molecule has 1 aromatic rings. The topological polar surface area (TPSA) is 49.8 Å². The number of carbonyl (C=O) groups excluding carboxylic acids is 1. The minimum Gasteiger partial charge on any atom is -0.345 e. The monoisotopic (exact) mass is 333 g/mol. The second-order valence-corrected chi connectivity index (χ2v) is 8.00. The molecular formula is C18H23NO3S. The van der Waals surface area contributed by atoms with Gasteiger partial charge in [0.25, 0.3) is 11.8 Å². The third-order valence-corrected chi connectivity index (χ3v) is 6.84. The zero-order chi connectivity index (χ0) is 16.1. The summed E-state index contributed by atoms with van der Waals surface area (Å²) in [7, 11) is 0. The van der Waals surface area contributed by atoms with Gasteiger partial charge in [-0.3, -0.25) is 9.69 Å². The molecule has 5 heteroatoms. The summed E-state index contributed by atoms with van der Waals surface area (Å²) >= 11 is 1.71. The van der Waals surface area contributed by atoms with Gasteiger partial charge in [-0.05, 0) is 31.7 Å². The Kier molecular flexibility index (Phi) is 3.70. The Morgan fingerprint density at radius 3 is 3.04 bits per heavy atom. The van der Waals surface area contributed by atoms with Crippen LogP contribution in [0.4, 0.5) is 0 Å². The Labute approximate surface area is 141 Å². The van der Waals surface area contributed by atoms with Gasteiger partial charge >= 0.3 is 0 Å². The van der Waals surface area contributed by atoms with Gasteiger partial charge in [-0.15, -0.1) is 11.8 Å². The fraction of sp³-hybridized carbons (Fsp3) is 0.611. The first-order valence-corrected chi connectivity index (χ1v) is 9.50. The van der Waals surface area contributed by atoms with Gasteiger partial charge in [0.05, 0.1) is 0 Å². The maximum Gasteiger partial charge on any atom is 0.282 e. The van der Waals surface area contributed by atoms with E-state index in [0.717, 1.165) is 42.6 Å². The molecule has 2 aliphatic heterocycles. The van der Waals surface area contributed by atoms with Gasteiger partial charge in [0.15, 0.2) is 5.60 Å². The molecule has 3 aliphatic rings. The van der Waals surface area contributed by atoms with Crippen LogP contribution in [-0.2, 0) is 15.4 Å². The van der Waals surface area contributed by atoms with Crippen LogP contribution in [-0.4, -0.2) is 33.3 Å². The Balaban J connectivity index is 1.86. The summed E-state index contributed by atoms with van der Waals surface area (Å²) in [5.41, 5.74) is -0.134. The van der Waals surface area contributed by atoms with Gasteiger partial charge in [0.2, 0.25) is 0 Å². The number of rotatable bonds is 3. The maximum absolute atomic E-state index is 13.2. The molecule has 4 nitrogen and oxygen atoms in total. The van der Waals surface area contributed by atoms with E-state index in [1.165, 1.54) is 0 Å². The molecule has 1 spiro atoms. The van der Waals surface area contributed by atoms with Crippen molar-refractivity contribution in [2.24, 2.45) is 0 Å². The number of nitrogens with zero attached hydrogens (tertiary/aromatic N) is 1. The molecule has 124 valence electrons. The predicted molar refractivity (Wildman–Crippen MR) is 88.9 cm³/mol. The third-order valence-electron chi connectivity index (χ3n) is 5.32. The number of thioether (sulfide) groups is 1. The van der Waals surface area contributed by atoms with Crippen molar-refractivity contribution in [3.63, 3.8) is 0 Å². The smallest absolute Gasteiger partial charge is 0.282 e. The van der Waals surface area contributed by atoms with Crippen molar-refractivity contribution >= 4 is 17.7 Å². The molecular weight excluding hydrogens is 310 g/mol. The lowest BCUT2D eigenvalue weighted by Crippen LogP contribution is -2.51. The molecule has 4 rings (SSSR count). The lowest BCUT2D eigenvalue weighted by atomic mass is 9.83. The molecule has 0 unspecified atom stereocenters. The molecule has 1 aromatic carbocycles. The van der Waals surface area contributed by atoms with E-state index in [4.69, 9.17) is 4.74 Å². The Morgan fingerprint density at radius 1 is 1.39 bits per heavy atom. The van der Waals surface area contributed by atoms with Gasteiger partial charge < -0.3 is 9.84 Å². The Morgan fingerprint density at radius 2 is 2.22 bits per heavy atom. The molecule has 2 bridgehead atoms. The van der Waals surface area contributed by atoms with Crippen LogP contribution in [0.1, 0.15) is 51.0 Å². The van der Waals surface area contributed by atoms with Crippen molar-refractivity contribution in [1.29, 1.82) is 0 Å². The lowest BCUT2D eigenvalue weighted by Gasteiger charge is -2.37. The average molecular weight is 333 g/mol. The van der Waals surface area contributed by atoms with E-state index in [0.29, 0.717) is 13.0 Å². The van der Waals surface area contributed by atoms with Crippen LogP contribution in [0.5, 0.6) is 0 Å². The Hall–Kier alpha value is -1.04. The van der Waals surface area contributed by atoms with E-state index >= 15 is 0 Å². The number of hydrogen-bond donors (Lipinski definition) is 1. The van der Waals surface area contributed by atoms with Crippen molar-refractivity contribution in [1.82, 2.24) is 4.90 Å². The van der Waals surface area contributed by atoms with Gasteiger partial charge in [-0.25, -0.2) is 0 Å². The lowest BCUT2D eigenvalue weighted by molar-refractivity contribution is -0.287. The fourth-order valence-electron chi connectivity index (χ4n) is 4.11. The van der Waals surface area contributed by atoms with E-state index in [-0.39, 0.29) is 11.2 Å². The average Bonchev–Trinajstić information content (AvgIpc) is 2.70. The first kappa shape index (κ1) is 15.5. The molecule has 1 saturated heterocycles. The van der Waals surface area contributed by atoms with Crippen LogP contribution in [0.15, 0.2) is 29.2 Å². The standard InChI is InChI=1S/C18H23NO3S/c1-2-3-12-19-16(20)17-11-7-6-10-15(17)23-14-9-5-4-8-13(14)18(19,21)22-17/h4-5,8-9,15,21H,2-3,6-7,10-12H2,1H3/t15-,17-,18+/m1/s1. The first-order valence-electron chi connectivity index (χ1n) is 8.62. The SMILES string of the molecule is CCCCN1C(=O)[C@@]23CCCC[C@H]2Sc2ccccc2[C@]1(O)O3. The molecule has 3 atom stereocenters. The van der Waals surface area contributed by atoms with Crippen LogP contribution in [0.2, 0.25) is 0 Å². The van der Waals surface area contributed by atoms with Crippen molar-refractivity contribution in [3.8, 4) is 0 Å². The minimum atomic E-state index is -1.61. The number of aliphatic hydroxyl groups is 1. The molecule has 1 N–H and O–H groups in total. The first-order chi connectivity index (χ1) is 11.1. The summed E-state index contributed by atoms with van der Waals surface area (Å²) in [6, 6.07) is 7.82. The second kappa shape index (κ2) is 5.50. The number of amides is 1. The predicted octanol–water partition coefficient (Wildman–Crippen LogP) is 3.24. The van der Waals surface area contributed by atoms with Crippen LogP contribution in [0.25, 0.3) is 0 Å². The number of fused-ring (bicyclic) bond motifs is 3. The normalized spacial score (nSPS) is 35.7. The quantitative estimate of drug-likeness (QED) is 0.922. The maximum atomic E-state index is 13.2. The minimum absolute atomic E-state index is 0.0137. The molecule has 0 radical (unpaired) electrons. The van der Waals surface area contributed by atoms with Crippen LogP contribution >= 0.6 is 11.8 Å². The second-order valence-electron chi connectivity index (χ2n) is 6.76. The number of ether oxygens (including phenoxy) is 1. The van der Waals surface area contributed by atoms with Crippen molar-refractivity contribution < 1.29 is 14.6 Å². The summed E-state index contributed by atoms with van der Waals surface area (Å²) in [5, 5.41) is 11.5. The molecule has 1 aliphatic carbocycles. The number of unbranched alkanes of at least 4 members (excludes halogenated alkanes) is 1.